The van der Waals surface area contributed by atoms with Gasteiger partial charge in [0.2, 0.25) is 5.91 Å². The number of likely N-dealkylation sites (tertiary alicyclic amines) is 1. The minimum absolute atomic E-state index is 0.0889. The van der Waals surface area contributed by atoms with Crippen LogP contribution in [-0.2, 0) is 11.3 Å². The molecule has 1 saturated heterocycles. The molecular weight excluding hydrogens is 321 g/mol. The first kappa shape index (κ1) is 15.8. The monoisotopic (exact) mass is 339 g/mol. The molecule has 5 nitrogen and oxygen atoms in total. The van der Waals surface area contributed by atoms with Crippen molar-refractivity contribution in [3.63, 3.8) is 0 Å². The van der Waals surface area contributed by atoms with Crippen molar-refractivity contribution in [3.05, 3.63) is 66.2 Å². The van der Waals surface area contributed by atoms with Crippen molar-refractivity contribution in [3.8, 4) is 0 Å². The van der Waals surface area contributed by atoms with Gasteiger partial charge in [-0.2, -0.15) is 0 Å². The van der Waals surface area contributed by atoms with E-state index in [1.807, 2.05) is 28.8 Å². The number of aliphatic hydroxyl groups is 1. The van der Waals surface area contributed by atoms with Crippen LogP contribution in [0.2, 0.25) is 0 Å². The highest BCUT2D eigenvalue weighted by Gasteiger charge is 2.35. The van der Waals surface area contributed by atoms with Crippen molar-refractivity contribution in [2.24, 2.45) is 0 Å². The Kier molecular flexibility index (Phi) is 3.97. The Bertz CT molecular complexity index is 906. The number of carbonyl (C=O) groups excluding carboxylic acids is 1. The van der Waals surface area contributed by atoms with E-state index in [1.165, 1.54) is 12.1 Å². The maximum atomic E-state index is 13.2. The summed E-state index contributed by atoms with van der Waals surface area (Å²) >= 11 is 0. The summed E-state index contributed by atoms with van der Waals surface area (Å²) in [6.07, 6.45) is 1.54. The molecule has 2 heterocycles. The van der Waals surface area contributed by atoms with Crippen LogP contribution in [0.25, 0.3) is 11.0 Å². The number of amides is 1. The van der Waals surface area contributed by atoms with Crippen LogP contribution in [-0.4, -0.2) is 38.1 Å². The van der Waals surface area contributed by atoms with Gasteiger partial charge in [-0.25, -0.2) is 9.37 Å². The fraction of sp³-hybridized carbons (Fsp3) is 0.263. The first-order chi connectivity index (χ1) is 12.1. The van der Waals surface area contributed by atoms with Crippen LogP contribution >= 0.6 is 0 Å². The fourth-order valence-electron chi connectivity index (χ4n) is 3.46. The second-order valence-corrected chi connectivity index (χ2v) is 6.36. The third-order valence-electron chi connectivity index (χ3n) is 4.69. The molecule has 1 aromatic heterocycles. The summed E-state index contributed by atoms with van der Waals surface area (Å²) in [6, 6.07) is 13.5. The maximum Gasteiger partial charge on any atom is 0.243 e. The Morgan fingerprint density at radius 2 is 1.96 bits per heavy atom. The highest BCUT2D eigenvalue weighted by Crippen LogP contribution is 2.32. The van der Waals surface area contributed by atoms with Crippen LogP contribution in [0, 0.1) is 5.82 Å². The molecule has 1 aliphatic rings. The van der Waals surface area contributed by atoms with E-state index < -0.39 is 6.10 Å². The minimum Gasteiger partial charge on any atom is -0.391 e. The molecule has 1 amide bonds. The van der Waals surface area contributed by atoms with E-state index in [1.54, 1.807) is 23.4 Å². The number of aromatic nitrogens is 2. The van der Waals surface area contributed by atoms with Crippen molar-refractivity contribution < 1.29 is 14.3 Å². The maximum absolute atomic E-state index is 13.2. The van der Waals surface area contributed by atoms with Crippen molar-refractivity contribution >= 4 is 16.9 Å². The van der Waals surface area contributed by atoms with Gasteiger partial charge < -0.3 is 14.6 Å². The van der Waals surface area contributed by atoms with E-state index >= 15 is 0 Å². The summed E-state index contributed by atoms with van der Waals surface area (Å²) in [5.41, 5.74) is 2.57. The Morgan fingerprint density at radius 1 is 1.20 bits per heavy atom. The van der Waals surface area contributed by atoms with Crippen LogP contribution in [0.1, 0.15) is 18.0 Å². The summed E-state index contributed by atoms with van der Waals surface area (Å²) < 4.78 is 15.0. The standard InChI is InChI=1S/C19H18FN3O2/c20-14-7-5-13(6-8-14)18-9-15(24)10-23(18)19(25)11-22-12-21-16-3-1-2-4-17(16)22/h1-8,12,15,18,24H,9-11H2/t15-,18-/m0/s1. The largest absolute Gasteiger partial charge is 0.391 e. The van der Waals surface area contributed by atoms with E-state index in [0.717, 1.165) is 16.6 Å². The Labute approximate surface area is 144 Å². The normalized spacial score (nSPS) is 20.3. The average Bonchev–Trinajstić information content (AvgIpc) is 3.20. The number of halogens is 1. The van der Waals surface area contributed by atoms with E-state index in [0.29, 0.717) is 6.42 Å². The molecule has 4 rings (SSSR count). The van der Waals surface area contributed by atoms with Gasteiger partial charge in [0.05, 0.1) is 29.5 Å². The number of β-amino-alcohol motifs (C(OH)–C–C–N with tert-alkyl or cyclic N) is 1. The summed E-state index contributed by atoms with van der Waals surface area (Å²) in [6.45, 7) is 0.443. The van der Waals surface area contributed by atoms with Crippen molar-refractivity contribution in [1.82, 2.24) is 14.5 Å². The lowest BCUT2D eigenvalue weighted by atomic mass is 10.0. The molecule has 0 radical (unpaired) electrons. The SMILES string of the molecule is O=C(Cn1cnc2ccccc21)N1C[C@@H](O)C[C@H]1c1ccc(F)cc1. The van der Waals surface area contributed by atoms with Gasteiger partial charge in [-0.3, -0.25) is 4.79 Å². The number of carbonyl (C=O) groups is 1. The molecule has 1 fully saturated rings. The van der Waals surface area contributed by atoms with Gasteiger partial charge >= 0.3 is 0 Å². The molecule has 128 valence electrons. The molecule has 0 bridgehead atoms. The van der Waals surface area contributed by atoms with E-state index in [-0.39, 0.29) is 30.9 Å². The molecular formula is C19H18FN3O2. The lowest BCUT2D eigenvalue weighted by Crippen LogP contribution is -2.34. The van der Waals surface area contributed by atoms with E-state index in [9.17, 15) is 14.3 Å². The third-order valence-corrected chi connectivity index (χ3v) is 4.69. The highest BCUT2D eigenvalue weighted by atomic mass is 19.1. The van der Waals surface area contributed by atoms with Crippen LogP contribution in [0.4, 0.5) is 4.39 Å². The molecule has 1 N–H and O–H groups in total. The van der Waals surface area contributed by atoms with Gasteiger partial charge in [0.15, 0.2) is 0 Å². The second kappa shape index (κ2) is 6.29. The van der Waals surface area contributed by atoms with Gasteiger partial charge in [-0.1, -0.05) is 24.3 Å². The predicted molar refractivity (Wildman–Crippen MR) is 91.2 cm³/mol. The Hall–Kier alpha value is -2.73. The zero-order valence-electron chi connectivity index (χ0n) is 13.5. The topological polar surface area (TPSA) is 58.4 Å². The second-order valence-electron chi connectivity index (χ2n) is 6.36. The third kappa shape index (κ3) is 3.00. The minimum atomic E-state index is -0.571. The van der Waals surface area contributed by atoms with Gasteiger partial charge in [-0.15, -0.1) is 0 Å². The summed E-state index contributed by atoms with van der Waals surface area (Å²) in [5.74, 6) is -0.404. The van der Waals surface area contributed by atoms with Crippen molar-refractivity contribution in [2.75, 3.05) is 6.54 Å². The lowest BCUT2D eigenvalue weighted by molar-refractivity contribution is -0.133. The first-order valence-corrected chi connectivity index (χ1v) is 8.24. The number of nitrogens with zero attached hydrogens (tertiary/aromatic N) is 3. The van der Waals surface area contributed by atoms with Gasteiger partial charge in [0.25, 0.3) is 0 Å². The zero-order chi connectivity index (χ0) is 17.4. The molecule has 3 aromatic rings. The van der Waals surface area contributed by atoms with Crippen LogP contribution in [0.5, 0.6) is 0 Å². The molecule has 2 atom stereocenters. The molecule has 2 aromatic carbocycles. The van der Waals surface area contributed by atoms with Crippen LogP contribution < -0.4 is 0 Å². The predicted octanol–water partition coefficient (Wildman–Crippen LogP) is 2.51. The van der Waals surface area contributed by atoms with E-state index in [4.69, 9.17) is 0 Å². The Morgan fingerprint density at radius 3 is 2.76 bits per heavy atom. The number of hydrogen-bond donors (Lipinski definition) is 1. The summed E-state index contributed by atoms with van der Waals surface area (Å²) in [5, 5.41) is 10.0. The number of fused-ring (bicyclic) bond motifs is 1. The molecule has 0 saturated carbocycles. The van der Waals surface area contributed by atoms with Gasteiger partial charge in [0, 0.05) is 6.54 Å². The lowest BCUT2D eigenvalue weighted by Gasteiger charge is -2.25. The average molecular weight is 339 g/mol. The number of para-hydroxylation sites is 2. The fourth-order valence-corrected chi connectivity index (χ4v) is 3.46. The molecule has 0 unspecified atom stereocenters. The van der Waals surface area contributed by atoms with Gasteiger partial charge in [0.1, 0.15) is 12.4 Å². The zero-order valence-corrected chi connectivity index (χ0v) is 13.5. The quantitative estimate of drug-likeness (QED) is 0.798. The number of aliphatic hydroxyl groups excluding tert-OH is 1. The van der Waals surface area contributed by atoms with Gasteiger partial charge in [-0.05, 0) is 36.2 Å². The molecule has 6 heteroatoms. The number of hydrogen-bond acceptors (Lipinski definition) is 3. The smallest absolute Gasteiger partial charge is 0.243 e. The van der Waals surface area contributed by atoms with Crippen molar-refractivity contribution in [2.45, 2.75) is 25.1 Å². The number of rotatable bonds is 3. The van der Waals surface area contributed by atoms with Crippen molar-refractivity contribution in [1.29, 1.82) is 0 Å². The highest BCUT2D eigenvalue weighted by molar-refractivity contribution is 5.81. The van der Waals surface area contributed by atoms with E-state index in [2.05, 4.69) is 4.98 Å². The summed E-state index contributed by atoms with van der Waals surface area (Å²) in [4.78, 5) is 18.8. The Balaban J connectivity index is 1.58. The molecule has 0 spiro atoms. The van der Waals surface area contributed by atoms with Crippen LogP contribution in [0.3, 0.4) is 0 Å². The summed E-state index contributed by atoms with van der Waals surface area (Å²) in [7, 11) is 0. The number of benzene rings is 2. The van der Waals surface area contributed by atoms with Crippen LogP contribution in [0.15, 0.2) is 54.9 Å². The molecule has 0 aliphatic carbocycles. The molecule has 25 heavy (non-hydrogen) atoms. The molecule has 1 aliphatic heterocycles. The first-order valence-electron chi connectivity index (χ1n) is 8.24. The number of imidazole rings is 1.